The quantitative estimate of drug-likeness (QED) is 0.686. The van der Waals surface area contributed by atoms with Crippen molar-refractivity contribution in [3.63, 3.8) is 0 Å². The molecular formula is C19H17BrN2O2. The van der Waals surface area contributed by atoms with Gasteiger partial charge < -0.3 is 9.73 Å². The van der Waals surface area contributed by atoms with E-state index < -0.39 is 0 Å². The average Bonchev–Trinajstić information content (AvgIpc) is 3.14. The second-order valence-corrected chi connectivity index (χ2v) is 6.25. The summed E-state index contributed by atoms with van der Waals surface area (Å²) in [6, 6.07) is 15.5. The number of furan rings is 1. The molecule has 0 saturated carbocycles. The van der Waals surface area contributed by atoms with Crippen molar-refractivity contribution >= 4 is 21.8 Å². The number of rotatable bonds is 6. The molecule has 1 aromatic carbocycles. The van der Waals surface area contributed by atoms with E-state index in [1.807, 2.05) is 48.5 Å². The van der Waals surface area contributed by atoms with E-state index >= 15 is 0 Å². The molecule has 0 aliphatic rings. The van der Waals surface area contributed by atoms with Gasteiger partial charge in [-0.15, -0.1) is 0 Å². The van der Waals surface area contributed by atoms with Crippen LogP contribution in [-0.4, -0.2) is 10.9 Å². The van der Waals surface area contributed by atoms with Crippen LogP contribution >= 0.6 is 15.9 Å². The zero-order valence-corrected chi connectivity index (χ0v) is 14.6. The Morgan fingerprint density at radius 3 is 2.83 bits per heavy atom. The number of benzene rings is 1. The molecular weight excluding hydrogens is 368 g/mol. The molecule has 0 saturated heterocycles. The lowest BCUT2D eigenvalue weighted by molar-refractivity contribution is -0.121. The van der Waals surface area contributed by atoms with E-state index in [1.54, 1.807) is 12.5 Å². The Morgan fingerprint density at radius 2 is 2.04 bits per heavy atom. The molecule has 0 aliphatic carbocycles. The van der Waals surface area contributed by atoms with E-state index in [0.29, 0.717) is 19.4 Å². The van der Waals surface area contributed by atoms with Crippen molar-refractivity contribution in [2.24, 2.45) is 0 Å². The van der Waals surface area contributed by atoms with Gasteiger partial charge in [0, 0.05) is 23.6 Å². The summed E-state index contributed by atoms with van der Waals surface area (Å²) in [6.07, 6.45) is 4.51. The molecule has 1 N–H and O–H groups in total. The second kappa shape index (κ2) is 7.93. The zero-order chi connectivity index (χ0) is 16.8. The van der Waals surface area contributed by atoms with E-state index in [4.69, 9.17) is 4.42 Å². The van der Waals surface area contributed by atoms with Crippen molar-refractivity contribution in [3.8, 4) is 11.5 Å². The summed E-state index contributed by atoms with van der Waals surface area (Å²) in [5, 5.41) is 2.95. The molecule has 3 rings (SSSR count). The minimum Gasteiger partial charge on any atom is -0.463 e. The van der Waals surface area contributed by atoms with Gasteiger partial charge in [-0.2, -0.15) is 0 Å². The van der Waals surface area contributed by atoms with Gasteiger partial charge >= 0.3 is 0 Å². The fourth-order valence-electron chi connectivity index (χ4n) is 2.38. The van der Waals surface area contributed by atoms with Gasteiger partial charge in [0.25, 0.3) is 0 Å². The predicted molar refractivity (Wildman–Crippen MR) is 96.2 cm³/mol. The van der Waals surface area contributed by atoms with Crippen LogP contribution in [0, 0.1) is 0 Å². The molecule has 0 radical (unpaired) electrons. The Bertz CT molecular complexity index is 816. The minimum atomic E-state index is 0.0297. The molecule has 2 heterocycles. The maximum absolute atomic E-state index is 12.1. The van der Waals surface area contributed by atoms with Crippen LogP contribution < -0.4 is 5.32 Å². The van der Waals surface area contributed by atoms with Crippen LogP contribution in [0.5, 0.6) is 0 Å². The van der Waals surface area contributed by atoms with Crippen LogP contribution in [0.1, 0.15) is 17.5 Å². The first-order valence-electron chi connectivity index (χ1n) is 7.71. The van der Waals surface area contributed by atoms with Crippen molar-refractivity contribution in [1.82, 2.24) is 10.3 Å². The summed E-state index contributed by atoms with van der Waals surface area (Å²) < 4.78 is 6.38. The number of halogens is 1. The van der Waals surface area contributed by atoms with Gasteiger partial charge in [-0.05, 0) is 47.9 Å². The first kappa shape index (κ1) is 16.5. The third kappa shape index (κ3) is 4.32. The van der Waals surface area contributed by atoms with Crippen molar-refractivity contribution in [3.05, 3.63) is 76.6 Å². The van der Waals surface area contributed by atoms with Crippen LogP contribution in [0.4, 0.5) is 0 Å². The lowest BCUT2D eigenvalue weighted by atomic mass is 10.1. The number of nitrogens with zero attached hydrogens (tertiary/aromatic N) is 1. The molecule has 0 unspecified atom stereocenters. The highest BCUT2D eigenvalue weighted by molar-refractivity contribution is 9.10. The number of hydrogen-bond donors (Lipinski definition) is 1. The molecule has 3 aromatic rings. The topological polar surface area (TPSA) is 55.1 Å². The summed E-state index contributed by atoms with van der Waals surface area (Å²) in [7, 11) is 0. The number of carbonyl (C=O) groups excluding carboxylic acids is 1. The molecule has 0 fully saturated rings. The fourth-order valence-corrected chi connectivity index (χ4v) is 2.86. The van der Waals surface area contributed by atoms with Gasteiger partial charge in [0.05, 0.1) is 6.26 Å². The number of amides is 1. The highest BCUT2D eigenvalue weighted by atomic mass is 79.9. The molecule has 24 heavy (non-hydrogen) atoms. The summed E-state index contributed by atoms with van der Waals surface area (Å²) >= 11 is 3.50. The highest BCUT2D eigenvalue weighted by Gasteiger charge is 2.06. The zero-order valence-electron chi connectivity index (χ0n) is 13.0. The molecule has 2 aromatic heterocycles. The minimum absolute atomic E-state index is 0.0297. The number of aryl methyl sites for hydroxylation is 1. The number of carbonyl (C=O) groups is 1. The maximum atomic E-state index is 12.1. The fraction of sp³-hybridized carbons (Fsp3) is 0.158. The monoisotopic (exact) mass is 384 g/mol. The largest absolute Gasteiger partial charge is 0.463 e. The van der Waals surface area contributed by atoms with E-state index in [-0.39, 0.29) is 5.91 Å². The highest BCUT2D eigenvalue weighted by Crippen LogP contribution is 2.19. The summed E-state index contributed by atoms with van der Waals surface area (Å²) in [4.78, 5) is 16.3. The predicted octanol–water partition coefficient (Wildman–Crippen LogP) is 4.35. The van der Waals surface area contributed by atoms with E-state index in [2.05, 4.69) is 26.2 Å². The number of aromatic nitrogens is 1. The Hall–Kier alpha value is -2.40. The van der Waals surface area contributed by atoms with E-state index in [1.165, 1.54) is 0 Å². The second-order valence-electron chi connectivity index (χ2n) is 5.39. The van der Waals surface area contributed by atoms with Crippen LogP contribution in [0.3, 0.4) is 0 Å². The Labute approximate surface area is 149 Å². The van der Waals surface area contributed by atoms with Gasteiger partial charge in [0.1, 0.15) is 5.69 Å². The van der Waals surface area contributed by atoms with Crippen molar-refractivity contribution < 1.29 is 9.21 Å². The number of nitrogens with one attached hydrogen (secondary N) is 1. The number of hydrogen-bond acceptors (Lipinski definition) is 3. The first-order valence-corrected chi connectivity index (χ1v) is 8.50. The van der Waals surface area contributed by atoms with Crippen LogP contribution in [0.25, 0.3) is 11.5 Å². The Kier molecular flexibility index (Phi) is 5.43. The Morgan fingerprint density at radius 1 is 1.17 bits per heavy atom. The van der Waals surface area contributed by atoms with Crippen LogP contribution in [0.15, 0.2) is 69.9 Å². The smallest absolute Gasteiger partial charge is 0.220 e. The third-order valence-electron chi connectivity index (χ3n) is 3.67. The molecule has 0 aliphatic heterocycles. The van der Waals surface area contributed by atoms with Gasteiger partial charge in [-0.25, -0.2) is 0 Å². The van der Waals surface area contributed by atoms with E-state index in [0.717, 1.165) is 27.1 Å². The molecule has 0 spiro atoms. The SMILES string of the molecule is O=C(CCc1ccccc1Br)NCc1ccnc(-c2ccco2)c1. The van der Waals surface area contributed by atoms with Crippen molar-refractivity contribution in [1.29, 1.82) is 0 Å². The molecule has 0 bridgehead atoms. The molecule has 1 amide bonds. The van der Waals surface area contributed by atoms with Gasteiger partial charge in [-0.1, -0.05) is 34.1 Å². The normalized spacial score (nSPS) is 10.5. The van der Waals surface area contributed by atoms with Gasteiger partial charge in [0.15, 0.2) is 5.76 Å². The van der Waals surface area contributed by atoms with Crippen molar-refractivity contribution in [2.75, 3.05) is 0 Å². The summed E-state index contributed by atoms with van der Waals surface area (Å²) in [6.45, 7) is 0.477. The maximum Gasteiger partial charge on any atom is 0.220 e. The molecule has 5 heteroatoms. The first-order chi connectivity index (χ1) is 11.7. The lowest BCUT2D eigenvalue weighted by Crippen LogP contribution is -2.23. The third-order valence-corrected chi connectivity index (χ3v) is 4.44. The Balaban J connectivity index is 1.53. The molecule has 4 nitrogen and oxygen atoms in total. The molecule has 0 atom stereocenters. The summed E-state index contributed by atoms with van der Waals surface area (Å²) in [5.74, 6) is 0.749. The molecule has 122 valence electrons. The lowest BCUT2D eigenvalue weighted by Gasteiger charge is -2.07. The summed E-state index contributed by atoms with van der Waals surface area (Å²) in [5.41, 5.74) is 2.89. The van der Waals surface area contributed by atoms with Crippen LogP contribution in [0.2, 0.25) is 0 Å². The standard InChI is InChI=1S/C19H17BrN2O2/c20-16-5-2-1-4-15(16)7-8-19(23)22-13-14-9-10-21-17(12-14)18-6-3-11-24-18/h1-6,9-12H,7-8,13H2,(H,22,23). The average molecular weight is 385 g/mol. The van der Waals surface area contributed by atoms with Crippen molar-refractivity contribution in [2.45, 2.75) is 19.4 Å². The van der Waals surface area contributed by atoms with Crippen LogP contribution in [-0.2, 0) is 17.8 Å². The van der Waals surface area contributed by atoms with E-state index in [9.17, 15) is 4.79 Å². The van der Waals surface area contributed by atoms with Gasteiger partial charge in [0.2, 0.25) is 5.91 Å². The number of pyridine rings is 1. The van der Waals surface area contributed by atoms with Gasteiger partial charge in [-0.3, -0.25) is 9.78 Å².